The first kappa shape index (κ1) is 35.0. The van der Waals surface area contributed by atoms with Crippen LogP contribution in [0.15, 0.2) is 61.1 Å². The number of benzene rings is 2. The predicted octanol–water partition coefficient (Wildman–Crippen LogP) is 10.5. The van der Waals surface area contributed by atoms with E-state index in [1.54, 1.807) is 24.3 Å². The molecular weight excluding hydrogens is 543 g/mol. The van der Waals surface area contributed by atoms with Crippen molar-refractivity contribution in [1.29, 1.82) is 0 Å². The standard InChI is InChI=1S/C36H51O5P/c1-33(2,3)27-21-25(22-28(31(27)37)34(4,5)6)17-13-15-19-40-42(39)41-20-16-14-18-26-23-29(35(7,8)9)32(38)30(24-26)36(10,11)12/h13-24,37-38,42H,1-12H3. The number of hydrogen-bond acceptors (Lipinski definition) is 5. The molecule has 2 aromatic carbocycles. The second kappa shape index (κ2) is 13.4. The summed E-state index contributed by atoms with van der Waals surface area (Å²) in [4.78, 5) is 0. The van der Waals surface area contributed by atoms with Crippen LogP contribution in [0, 0.1) is 0 Å². The van der Waals surface area contributed by atoms with Crippen molar-refractivity contribution in [3.63, 3.8) is 0 Å². The van der Waals surface area contributed by atoms with Gasteiger partial charge in [0, 0.05) is 22.3 Å². The molecule has 0 aliphatic carbocycles. The molecule has 0 radical (unpaired) electrons. The maximum absolute atomic E-state index is 12.1. The van der Waals surface area contributed by atoms with E-state index < -0.39 is 8.25 Å². The molecule has 0 aliphatic rings. The van der Waals surface area contributed by atoms with Crippen molar-refractivity contribution in [2.24, 2.45) is 0 Å². The van der Waals surface area contributed by atoms with Crippen molar-refractivity contribution in [2.75, 3.05) is 0 Å². The Bertz CT molecular complexity index is 1210. The number of hydrogen-bond donors (Lipinski definition) is 2. The minimum atomic E-state index is -2.75. The molecule has 0 fully saturated rings. The van der Waals surface area contributed by atoms with Gasteiger partial charge in [-0.15, -0.1) is 0 Å². The Kier molecular flexibility index (Phi) is 11.2. The van der Waals surface area contributed by atoms with Gasteiger partial charge < -0.3 is 19.3 Å². The molecule has 5 nitrogen and oxygen atoms in total. The summed E-state index contributed by atoms with van der Waals surface area (Å²) in [6.07, 6.45) is 13.4. The SMILES string of the molecule is CC(C)(C)c1cc(C=CC=CO[PH](=O)OC=CC=Cc2cc(C(C)(C)C)c(O)c(C(C)(C)C)c2)cc(C(C)(C)C)c1O. The highest BCUT2D eigenvalue weighted by Crippen LogP contribution is 2.41. The fraction of sp³-hybridized carbons (Fsp3) is 0.444. The van der Waals surface area contributed by atoms with Gasteiger partial charge in [0.05, 0.1) is 12.5 Å². The molecule has 0 amide bonds. The molecule has 0 heterocycles. The Labute approximate surface area is 254 Å². The average Bonchev–Trinajstić information content (AvgIpc) is 2.82. The normalized spacial score (nSPS) is 14.5. The maximum Gasteiger partial charge on any atom is 0.417 e. The molecule has 2 aromatic rings. The Morgan fingerprint density at radius 3 is 1.02 bits per heavy atom. The topological polar surface area (TPSA) is 76.0 Å². The van der Waals surface area contributed by atoms with Crippen LogP contribution in [0.4, 0.5) is 0 Å². The van der Waals surface area contributed by atoms with Gasteiger partial charge >= 0.3 is 8.25 Å². The van der Waals surface area contributed by atoms with Gasteiger partial charge in [0.1, 0.15) is 11.5 Å². The van der Waals surface area contributed by atoms with Crippen molar-refractivity contribution in [3.05, 3.63) is 94.5 Å². The lowest BCUT2D eigenvalue weighted by Crippen LogP contribution is -2.17. The number of rotatable bonds is 8. The second-order valence-corrected chi connectivity index (χ2v) is 15.8. The highest BCUT2D eigenvalue weighted by molar-refractivity contribution is 7.33. The van der Waals surface area contributed by atoms with Crippen LogP contribution in [-0.2, 0) is 35.3 Å². The average molecular weight is 595 g/mol. The van der Waals surface area contributed by atoms with E-state index in [1.165, 1.54) is 12.5 Å². The summed E-state index contributed by atoms with van der Waals surface area (Å²) in [7, 11) is -2.75. The summed E-state index contributed by atoms with van der Waals surface area (Å²) in [5.41, 5.74) is 4.67. The molecule has 0 saturated carbocycles. The van der Waals surface area contributed by atoms with E-state index in [0.29, 0.717) is 11.5 Å². The van der Waals surface area contributed by atoms with Crippen LogP contribution >= 0.6 is 8.25 Å². The molecule has 0 unspecified atom stereocenters. The number of allylic oxidation sites excluding steroid dienone is 4. The van der Waals surface area contributed by atoms with Crippen molar-refractivity contribution >= 4 is 20.4 Å². The number of aromatic hydroxyl groups is 2. The van der Waals surface area contributed by atoms with Crippen molar-refractivity contribution in [3.8, 4) is 11.5 Å². The zero-order valence-corrected chi connectivity index (χ0v) is 28.5. The molecule has 6 heteroatoms. The van der Waals surface area contributed by atoms with Gasteiger partial charge in [-0.2, -0.15) is 0 Å². The van der Waals surface area contributed by atoms with Gasteiger partial charge in [0.2, 0.25) is 0 Å². The molecule has 0 atom stereocenters. The van der Waals surface area contributed by atoms with Crippen LogP contribution in [0.1, 0.15) is 116 Å². The van der Waals surface area contributed by atoms with E-state index in [2.05, 4.69) is 83.1 Å². The van der Waals surface area contributed by atoms with Gasteiger partial charge in [-0.25, -0.2) is 4.57 Å². The number of phenolic OH excluding ortho intramolecular Hbond substituents is 2. The molecule has 230 valence electrons. The third kappa shape index (κ3) is 9.98. The van der Waals surface area contributed by atoms with Crippen molar-refractivity contribution < 1.29 is 23.8 Å². The zero-order valence-electron chi connectivity index (χ0n) is 27.5. The van der Waals surface area contributed by atoms with Crippen molar-refractivity contribution in [1.82, 2.24) is 0 Å². The fourth-order valence-corrected chi connectivity index (χ4v) is 4.87. The summed E-state index contributed by atoms with van der Waals surface area (Å²) in [6, 6.07) is 7.97. The van der Waals surface area contributed by atoms with Crippen LogP contribution in [0.25, 0.3) is 12.2 Å². The first-order valence-corrected chi connectivity index (χ1v) is 15.6. The molecule has 0 aromatic heterocycles. The van der Waals surface area contributed by atoms with E-state index >= 15 is 0 Å². The van der Waals surface area contributed by atoms with Crippen LogP contribution < -0.4 is 0 Å². The molecule has 2 rings (SSSR count). The quantitative estimate of drug-likeness (QED) is 0.181. The summed E-state index contributed by atoms with van der Waals surface area (Å²) in [6.45, 7) is 25.0. The highest BCUT2D eigenvalue weighted by atomic mass is 31.1. The van der Waals surface area contributed by atoms with E-state index in [9.17, 15) is 14.8 Å². The molecule has 0 saturated heterocycles. The van der Waals surface area contributed by atoms with E-state index in [1.807, 2.05) is 36.4 Å². The minimum absolute atomic E-state index is 0.207. The van der Waals surface area contributed by atoms with Crippen LogP contribution in [0.3, 0.4) is 0 Å². The number of phenols is 2. The van der Waals surface area contributed by atoms with Gasteiger partial charge in [-0.3, -0.25) is 0 Å². The maximum atomic E-state index is 12.1. The summed E-state index contributed by atoms with van der Waals surface area (Å²) in [5.74, 6) is 0.689. The molecule has 42 heavy (non-hydrogen) atoms. The molecule has 0 spiro atoms. The predicted molar refractivity (Wildman–Crippen MR) is 179 cm³/mol. The van der Waals surface area contributed by atoms with Crippen LogP contribution in [0.5, 0.6) is 11.5 Å². The summed E-state index contributed by atoms with van der Waals surface area (Å²) < 4.78 is 22.5. The lowest BCUT2D eigenvalue weighted by atomic mass is 9.78. The fourth-order valence-electron chi connectivity index (χ4n) is 4.43. The Balaban J connectivity index is 2.04. The van der Waals surface area contributed by atoms with Gasteiger partial charge in [-0.1, -0.05) is 107 Å². The van der Waals surface area contributed by atoms with Gasteiger partial charge in [-0.05, 0) is 69.2 Å². The summed E-state index contributed by atoms with van der Waals surface area (Å²) >= 11 is 0. The first-order chi connectivity index (χ1) is 19.1. The summed E-state index contributed by atoms with van der Waals surface area (Å²) in [5, 5.41) is 21.8. The lowest BCUT2D eigenvalue weighted by molar-refractivity contribution is 0.356. The minimum Gasteiger partial charge on any atom is -0.507 e. The molecule has 0 bridgehead atoms. The first-order valence-electron chi connectivity index (χ1n) is 14.4. The largest absolute Gasteiger partial charge is 0.507 e. The highest BCUT2D eigenvalue weighted by Gasteiger charge is 2.27. The third-order valence-electron chi connectivity index (χ3n) is 6.78. The Hall–Kier alpha value is -3.17. The molecule has 2 N–H and O–H groups in total. The molecular formula is C36H51O5P. The third-order valence-corrected chi connectivity index (χ3v) is 7.44. The van der Waals surface area contributed by atoms with Crippen LogP contribution in [0.2, 0.25) is 0 Å². The van der Waals surface area contributed by atoms with Gasteiger partial charge in [0.25, 0.3) is 0 Å². The zero-order chi connectivity index (χ0) is 32.1. The second-order valence-electron chi connectivity index (χ2n) is 14.8. The molecule has 0 aliphatic heterocycles. The van der Waals surface area contributed by atoms with E-state index in [0.717, 1.165) is 33.4 Å². The smallest absolute Gasteiger partial charge is 0.417 e. The van der Waals surface area contributed by atoms with Gasteiger partial charge in [0.15, 0.2) is 0 Å². The van der Waals surface area contributed by atoms with E-state index in [4.69, 9.17) is 9.05 Å². The lowest BCUT2D eigenvalue weighted by Gasteiger charge is -2.27. The van der Waals surface area contributed by atoms with E-state index in [-0.39, 0.29) is 21.7 Å². The van der Waals surface area contributed by atoms with Crippen molar-refractivity contribution in [2.45, 2.75) is 105 Å². The Morgan fingerprint density at radius 1 is 0.524 bits per heavy atom. The Morgan fingerprint density at radius 2 is 0.786 bits per heavy atom. The monoisotopic (exact) mass is 594 g/mol. The van der Waals surface area contributed by atoms with Crippen LogP contribution in [-0.4, -0.2) is 10.2 Å².